The molecular weight excluding hydrogens is 638 g/mol. The molecule has 9 N–H and O–H groups in total. The third-order valence-electron chi connectivity index (χ3n) is 7.40. The van der Waals surface area contributed by atoms with E-state index < -0.39 is 52.7 Å². The van der Waals surface area contributed by atoms with Gasteiger partial charge in [0.15, 0.2) is 0 Å². The summed E-state index contributed by atoms with van der Waals surface area (Å²) in [5, 5.41) is 46.6. The summed E-state index contributed by atoms with van der Waals surface area (Å²) in [6.07, 6.45) is 0. The Morgan fingerprint density at radius 3 is 0.898 bits per heavy atom. The Labute approximate surface area is 281 Å². The van der Waals surface area contributed by atoms with Crippen molar-refractivity contribution in [2.75, 3.05) is 60.4 Å². The van der Waals surface area contributed by atoms with Crippen LogP contribution in [0, 0.1) is 0 Å². The van der Waals surface area contributed by atoms with Crippen LogP contribution in [0.1, 0.15) is 62.1 Å². The van der Waals surface area contributed by atoms with E-state index in [0.29, 0.717) is 0 Å². The smallest absolute Gasteiger partial charge is 0.255 e. The molecule has 0 aliphatic heterocycles. The predicted molar refractivity (Wildman–Crippen MR) is 178 cm³/mol. The van der Waals surface area contributed by atoms with Gasteiger partial charge in [-0.15, -0.1) is 0 Å². The molecule has 3 aromatic carbocycles. The number of phenols is 3. The molecule has 0 unspecified atom stereocenters. The maximum Gasteiger partial charge on any atom is 0.255 e. The highest BCUT2D eigenvalue weighted by Crippen LogP contribution is 2.24. The zero-order valence-electron chi connectivity index (χ0n) is 27.2. The van der Waals surface area contributed by atoms with Gasteiger partial charge in [0.05, 0.1) is 33.4 Å². The minimum atomic E-state index is -0.636. The van der Waals surface area contributed by atoms with E-state index in [2.05, 4.69) is 31.9 Å². The van der Waals surface area contributed by atoms with Crippen molar-refractivity contribution in [2.45, 2.75) is 0 Å². The predicted octanol–water partition coefficient (Wildman–Crippen LogP) is -0.226. The number of nitrogens with zero attached hydrogens (tertiary/aromatic N) is 1. The van der Waals surface area contributed by atoms with E-state index in [9.17, 15) is 44.1 Å². The highest BCUT2D eigenvalue weighted by molar-refractivity contribution is 6.05. The Morgan fingerprint density at radius 2 is 0.673 bits per heavy atom. The fourth-order valence-corrected chi connectivity index (χ4v) is 4.74. The van der Waals surface area contributed by atoms with E-state index >= 15 is 0 Å². The third-order valence-corrected chi connectivity index (χ3v) is 7.40. The highest BCUT2D eigenvalue weighted by Gasteiger charge is 2.21. The zero-order chi connectivity index (χ0) is 36.1. The van der Waals surface area contributed by atoms with Gasteiger partial charge in [-0.3, -0.25) is 33.7 Å². The molecule has 0 fully saturated rings. The second-order valence-electron chi connectivity index (χ2n) is 10.5. The first-order chi connectivity index (χ1) is 23.4. The van der Waals surface area contributed by atoms with Gasteiger partial charge in [0.25, 0.3) is 35.4 Å². The Balaban J connectivity index is 1.68. The van der Waals surface area contributed by atoms with E-state index in [0.717, 1.165) is 0 Å². The molecule has 3 rings (SSSR count). The van der Waals surface area contributed by atoms with E-state index in [1.807, 2.05) is 0 Å². The molecule has 0 aliphatic rings. The summed E-state index contributed by atoms with van der Waals surface area (Å²) in [7, 11) is 4.18. The molecule has 260 valence electrons. The molecule has 16 nitrogen and oxygen atoms in total. The summed E-state index contributed by atoms with van der Waals surface area (Å²) in [5.41, 5.74) is -0.523. The molecule has 0 aromatic heterocycles. The number of hydrogen-bond donors (Lipinski definition) is 9. The lowest BCUT2D eigenvalue weighted by atomic mass is 10.1. The van der Waals surface area contributed by atoms with E-state index in [1.165, 1.54) is 75.7 Å². The number of amides is 6. The van der Waals surface area contributed by atoms with Crippen LogP contribution < -0.4 is 31.9 Å². The number of phenolic OH excluding ortho intramolecular Hbond substituents is 3. The Kier molecular flexibility index (Phi) is 13.5. The maximum absolute atomic E-state index is 12.8. The summed E-state index contributed by atoms with van der Waals surface area (Å²) in [6, 6.07) is 12.6. The summed E-state index contributed by atoms with van der Waals surface area (Å²) < 4.78 is 0. The van der Waals surface area contributed by atoms with Gasteiger partial charge in [-0.25, -0.2) is 0 Å². The quantitative estimate of drug-likeness (QED) is 0.102. The molecule has 6 amide bonds. The number of rotatable bonds is 15. The second kappa shape index (κ2) is 17.7. The first kappa shape index (κ1) is 37.3. The van der Waals surface area contributed by atoms with Crippen LogP contribution in [-0.4, -0.2) is 116 Å². The van der Waals surface area contributed by atoms with E-state index in [-0.39, 0.29) is 72.6 Å². The average molecular weight is 678 g/mol. The fraction of sp³-hybridized carbons (Fsp3) is 0.273. The average Bonchev–Trinajstić information content (AvgIpc) is 3.10. The number of nitrogens with one attached hydrogen (secondary N) is 6. The van der Waals surface area contributed by atoms with Crippen LogP contribution in [0.25, 0.3) is 0 Å². The monoisotopic (exact) mass is 677 g/mol. The summed E-state index contributed by atoms with van der Waals surface area (Å²) in [6.45, 7) is 0.823. The number of carbonyl (C=O) groups is 6. The van der Waals surface area contributed by atoms with Crippen LogP contribution in [0.3, 0.4) is 0 Å². The number of carbonyl (C=O) groups excluding carboxylic acids is 6. The molecule has 0 radical (unpaired) electrons. The number of para-hydroxylation sites is 3. The van der Waals surface area contributed by atoms with Crippen molar-refractivity contribution in [1.82, 2.24) is 36.8 Å². The Bertz CT molecular complexity index is 1530. The molecule has 0 atom stereocenters. The molecule has 0 bridgehead atoms. The summed E-state index contributed by atoms with van der Waals surface area (Å²) in [4.78, 5) is 76.4. The summed E-state index contributed by atoms with van der Waals surface area (Å²) >= 11 is 0. The molecule has 0 heterocycles. The van der Waals surface area contributed by atoms with Crippen LogP contribution in [0.4, 0.5) is 0 Å². The van der Waals surface area contributed by atoms with Gasteiger partial charge >= 0.3 is 0 Å². The van der Waals surface area contributed by atoms with Crippen molar-refractivity contribution in [3.8, 4) is 17.2 Å². The molecule has 0 aliphatic carbocycles. The topological polar surface area (TPSA) is 239 Å². The molecule has 3 aromatic rings. The van der Waals surface area contributed by atoms with Gasteiger partial charge in [-0.1, -0.05) is 18.2 Å². The molecule has 0 saturated carbocycles. The van der Waals surface area contributed by atoms with Crippen LogP contribution in [0.15, 0.2) is 54.6 Å². The Hall–Kier alpha value is -6.16. The standard InChI is InChI=1S/C33H39N7O9/c1-34-28(44)19-7-4-10-22(25(19)41)31(47)37-13-16-40(17-14-38-32(48)23-11-5-8-20(26(23)42)29(45)35-2)18-15-39-33(49)24-12-6-9-21(27(24)43)30(46)36-3/h4-12,41-43H,13-18H2,1-3H3,(H,34,44)(H,35,45)(H,36,46)(H,37,47)(H,38,48)(H,39,49). The van der Waals surface area contributed by atoms with Gasteiger partial charge in [-0.2, -0.15) is 0 Å². The molecule has 0 spiro atoms. The first-order valence-corrected chi connectivity index (χ1v) is 15.1. The van der Waals surface area contributed by atoms with Crippen molar-refractivity contribution >= 4 is 35.4 Å². The lowest BCUT2D eigenvalue weighted by Crippen LogP contribution is -2.43. The van der Waals surface area contributed by atoms with Crippen molar-refractivity contribution in [2.24, 2.45) is 0 Å². The second-order valence-corrected chi connectivity index (χ2v) is 10.5. The Morgan fingerprint density at radius 1 is 0.449 bits per heavy atom. The van der Waals surface area contributed by atoms with Gasteiger partial charge in [-0.05, 0) is 36.4 Å². The van der Waals surface area contributed by atoms with Crippen LogP contribution in [-0.2, 0) is 0 Å². The molecule has 0 saturated heterocycles. The lowest BCUT2D eigenvalue weighted by Gasteiger charge is -2.23. The van der Waals surface area contributed by atoms with Crippen LogP contribution in [0.2, 0.25) is 0 Å². The zero-order valence-corrected chi connectivity index (χ0v) is 27.2. The lowest BCUT2D eigenvalue weighted by molar-refractivity contribution is 0.0937. The number of aromatic hydroxyl groups is 3. The molecular formula is C33H39N7O9. The van der Waals surface area contributed by atoms with E-state index in [1.54, 1.807) is 4.90 Å². The van der Waals surface area contributed by atoms with Gasteiger partial charge < -0.3 is 47.2 Å². The summed E-state index contributed by atoms with van der Waals surface area (Å²) in [5.74, 6) is -5.04. The normalized spacial score (nSPS) is 10.5. The van der Waals surface area contributed by atoms with Crippen molar-refractivity contribution in [1.29, 1.82) is 0 Å². The van der Waals surface area contributed by atoms with E-state index in [4.69, 9.17) is 0 Å². The van der Waals surface area contributed by atoms with Gasteiger partial charge in [0.2, 0.25) is 0 Å². The minimum Gasteiger partial charge on any atom is -0.506 e. The van der Waals surface area contributed by atoms with Crippen molar-refractivity contribution in [3.05, 3.63) is 88.0 Å². The largest absolute Gasteiger partial charge is 0.506 e. The third kappa shape index (κ3) is 9.45. The van der Waals surface area contributed by atoms with Gasteiger partial charge in [0.1, 0.15) is 17.2 Å². The maximum atomic E-state index is 12.8. The first-order valence-electron chi connectivity index (χ1n) is 15.1. The molecule has 16 heteroatoms. The highest BCUT2D eigenvalue weighted by atomic mass is 16.3. The fourth-order valence-electron chi connectivity index (χ4n) is 4.74. The molecule has 49 heavy (non-hydrogen) atoms. The van der Waals surface area contributed by atoms with Crippen LogP contribution in [0.5, 0.6) is 17.2 Å². The SMILES string of the molecule is CNC(=O)c1cccc(C(=O)NCCN(CCNC(=O)c2cccc(C(=O)NC)c2O)CCNC(=O)c2cccc(C(=O)NC)c2O)c1O. The number of hydrogen-bond acceptors (Lipinski definition) is 10. The van der Waals surface area contributed by atoms with Gasteiger partial charge in [0, 0.05) is 60.4 Å². The van der Waals surface area contributed by atoms with Crippen molar-refractivity contribution < 1.29 is 44.1 Å². The number of benzene rings is 3. The minimum absolute atomic E-state index is 0.0638. The van der Waals surface area contributed by atoms with Crippen LogP contribution >= 0.6 is 0 Å². The van der Waals surface area contributed by atoms with Crippen molar-refractivity contribution in [3.63, 3.8) is 0 Å².